The number of benzene rings is 1. The first-order valence-electron chi connectivity index (χ1n) is 5.95. The Hall–Kier alpha value is -1.94. The van der Waals surface area contributed by atoms with Crippen molar-refractivity contribution in [3.05, 3.63) is 42.1 Å². The van der Waals surface area contributed by atoms with Crippen LogP contribution in [-0.4, -0.2) is 29.1 Å². The van der Waals surface area contributed by atoms with Crippen LogP contribution in [0.15, 0.2) is 36.5 Å². The number of rotatable bonds is 4. The Labute approximate surface area is 106 Å². The molecule has 0 saturated carbocycles. The number of aromatic nitrogens is 1. The molecule has 4 heteroatoms. The van der Waals surface area contributed by atoms with E-state index in [0.717, 1.165) is 10.9 Å². The summed E-state index contributed by atoms with van der Waals surface area (Å²) in [5.74, 6) is -0.0732. The van der Waals surface area contributed by atoms with Gasteiger partial charge in [0.05, 0.1) is 11.1 Å². The normalized spacial score (nSPS) is 12.3. The molecule has 2 N–H and O–H groups in total. The molecule has 1 heterocycles. The maximum absolute atomic E-state index is 12.1. The van der Waals surface area contributed by atoms with E-state index in [1.165, 1.54) is 0 Å². The molecule has 0 bridgehead atoms. The van der Waals surface area contributed by atoms with Crippen molar-refractivity contribution in [2.75, 3.05) is 13.2 Å². The molecule has 2 aromatic rings. The molecular formula is C14H16N2O2. The van der Waals surface area contributed by atoms with Gasteiger partial charge < -0.3 is 10.4 Å². The Kier molecular flexibility index (Phi) is 3.89. The Balaban J connectivity index is 2.22. The average Bonchev–Trinajstić information content (AvgIpc) is 2.43. The third-order valence-electron chi connectivity index (χ3n) is 2.82. The first-order chi connectivity index (χ1) is 8.72. The van der Waals surface area contributed by atoms with E-state index in [9.17, 15) is 4.79 Å². The zero-order valence-corrected chi connectivity index (χ0v) is 10.3. The molecule has 0 aliphatic heterocycles. The minimum Gasteiger partial charge on any atom is -0.396 e. The smallest absolute Gasteiger partial charge is 0.252 e. The predicted octanol–water partition coefficient (Wildman–Crippen LogP) is 1.59. The van der Waals surface area contributed by atoms with E-state index in [0.29, 0.717) is 12.1 Å². The second kappa shape index (κ2) is 5.60. The van der Waals surface area contributed by atoms with Crippen molar-refractivity contribution in [3.8, 4) is 0 Å². The third kappa shape index (κ3) is 2.65. The zero-order valence-electron chi connectivity index (χ0n) is 10.3. The maximum Gasteiger partial charge on any atom is 0.252 e. The number of para-hydroxylation sites is 1. The highest BCUT2D eigenvalue weighted by molar-refractivity contribution is 6.05. The van der Waals surface area contributed by atoms with Crippen LogP contribution in [0.25, 0.3) is 10.9 Å². The van der Waals surface area contributed by atoms with Crippen molar-refractivity contribution in [2.24, 2.45) is 5.92 Å². The SMILES string of the molecule is CC(CO)CNC(=O)c1ccnc2ccccc12. The lowest BCUT2D eigenvalue weighted by molar-refractivity contribution is 0.0944. The molecule has 0 aliphatic carbocycles. The van der Waals surface area contributed by atoms with Crippen LogP contribution in [0.3, 0.4) is 0 Å². The summed E-state index contributed by atoms with van der Waals surface area (Å²) < 4.78 is 0. The van der Waals surface area contributed by atoms with Gasteiger partial charge in [-0.25, -0.2) is 0 Å². The van der Waals surface area contributed by atoms with Crippen molar-refractivity contribution < 1.29 is 9.90 Å². The van der Waals surface area contributed by atoms with Gasteiger partial charge in [-0.1, -0.05) is 25.1 Å². The number of carbonyl (C=O) groups is 1. The number of fused-ring (bicyclic) bond motifs is 1. The van der Waals surface area contributed by atoms with Crippen LogP contribution in [0, 0.1) is 5.92 Å². The minimum atomic E-state index is -0.131. The van der Waals surface area contributed by atoms with Crippen LogP contribution < -0.4 is 5.32 Å². The fourth-order valence-corrected chi connectivity index (χ4v) is 1.72. The number of hydrogen-bond acceptors (Lipinski definition) is 3. The average molecular weight is 244 g/mol. The minimum absolute atomic E-state index is 0.0575. The molecule has 0 fully saturated rings. The molecule has 0 saturated heterocycles. The molecular weight excluding hydrogens is 228 g/mol. The molecule has 0 radical (unpaired) electrons. The van der Waals surface area contributed by atoms with E-state index < -0.39 is 0 Å². The zero-order chi connectivity index (χ0) is 13.0. The van der Waals surface area contributed by atoms with Gasteiger partial charge in [0, 0.05) is 24.7 Å². The fourth-order valence-electron chi connectivity index (χ4n) is 1.72. The van der Waals surface area contributed by atoms with Crippen molar-refractivity contribution in [1.82, 2.24) is 10.3 Å². The van der Waals surface area contributed by atoms with Crippen LogP contribution in [0.1, 0.15) is 17.3 Å². The van der Waals surface area contributed by atoms with E-state index >= 15 is 0 Å². The summed E-state index contributed by atoms with van der Waals surface area (Å²) in [7, 11) is 0. The fraction of sp³-hybridized carbons (Fsp3) is 0.286. The van der Waals surface area contributed by atoms with Gasteiger partial charge in [-0.15, -0.1) is 0 Å². The van der Waals surface area contributed by atoms with Gasteiger partial charge in [-0.05, 0) is 18.1 Å². The highest BCUT2D eigenvalue weighted by Crippen LogP contribution is 2.15. The van der Waals surface area contributed by atoms with Crippen LogP contribution in [0.4, 0.5) is 0 Å². The van der Waals surface area contributed by atoms with Gasteiger partial charge in [-0.3, -0.25) is 9.78 Å². The lowest BCUT2D eigenvalue weighted by Gasteiger charge is -2.10. The second-order valence-electron chi connectivity index (χ2n) is 4.37. The van der Waals surface area contributed by atoms with E-state index in [2.05, 4.69) is 10.3 Å². The van der Waals surface area contributed by atoms with E-state index in [1.807, 2.05) is 31.2 Å². The standard InChI is InChI=1S/C14H16N2O2/c1-10(9-17)8-16-14(18)12-6-7-15-13-5-3-2-4-11(12)13/h2-7,10,17H,8-9H2,1H3,(H,16,18). The molecule has 1 unspecified atom stereocenters. The van der Waals surface area contributed by atoms with Crippen LogP contribution >= 0.6 is 0 Å². The maximum atomic E-state index is 12.1. The summed E-state index contributed by atoms with van der Waals surface area (Å²) in [4.78, 5) is 16.3. The van der Waals surface area contributed by atoms with Gasteiger partial charge in [0.25, 0.3) is 5.91 Å². The largest absolute Gasteiger partial charge is 0.396 e. The van der Waals surface area contributed by atoms with E-state index in [4.69, 9.17) is 5.11 Å². The Morgan fingerprint density at radius 3 is 2.94 bits per heavy atom. The molecule has 0 spiro atoms. The van der Waals surface area contributed by atoms with Crippen LogP contribution in [-0.2, 0) is 0 Å². The Bertz CT molecular complexity index is 549. The number of carbonyl (C=O) groups excluding carboxylic acids is 1. The highest BCUT2D eigenvalue weighted by atomic mass is 16.3. The van der Waals surface area contributed by atoms with E-state index in [1.54, 1.807) is 12.3 Å². The number of amides is 1. The molecule has 1 aromatic heterocycles. The number of aliphatic hydroxyl groups excluding tert-OH is 1. The van der Waals surface area contributed by atoms with Crippen molar-refractivity contribution >= 4 is 16.8 Å². The second-order valence-corrected chi connectivity index (χ2v) is 4.37. The summed E-state index contributed by atoms with van der Waals surface area (Å²) in [5, 5.41) is 12.6. The Morgan fingerprint density at radius 1 is 1.39 bits per heavy atom. The van der Waals surface area contributed by atoms with Gasteiger partial charge in [0.1, 0.15) is 0 Å². The van der Waals surface area contributed by atoms with Gasteiger partial charge in [0.15, 0.2) is 0 Å². The molecule has 94 valence electrons. The van der Waals surface area contributed by atoms with Crippen LogP contribution in [0.5, 0.6) is 0 Å². The highest BCUT2D eigenvalue weighted by Gasteiger charge is 2.10. The summed E-state index contributed by atoms with van der Waals surface area (Å²) in [6.45, 7) is 2.41. The number of nitrogens with zero attached hydrogens (tertiary/aromatic N) is 1. The van der Waals surface area contributed by atoms with Gasteiger partial charge in [-0.2, -0.15) is 0 Å². The first-order valence-corrected chi connectivity index (χ1v) is 5.95. The predicted molar refractivity (Wildman–Crippen MR) is 70.3 cm³/mol. The number of pyridine rings is 1. The lowest BCUT2D eigenvalue weighted by Crippen LogP contribution is -2.29. The third-order valence-corrected chi connectivity index (χ3v) is 2.82. The molecule has 2 rings (SSSR count). The monoisotopic (exact) mass is 244 g/mol. The lowest BCUT2D eigenvalue weighted by atomic mass is 10.1. The first kappa shape index (κ1) is 12.5. The van der Waals surface area contributed by atoms with Crippen LogP contribution in [0.2, 0.25) is 0 Å². The van der Waals surface area contributed by atoms with E-state index in [-0.39, 0.29) is 18.4 Å². The summed E-state index contributed by atoms with van der Waals surface area (Å²) in [6.07, 6.45) is 1.63. The summed E-state index contributed by atoms with van der Waals surface area (Å²) >= 11 is 0. The number of aliphatic hydroxyl groups is 1. The number of nitrogens with one attached hydrogen (secondary N) is 1. The Morgan fingerprint density at radius 2 is 2.17 bits per heavy atom. The van der Waals surface area contributed by atoms with Crippen molar-refractivity contribution in [3.63, 3.8) is 0 Å². The molecule has 4 nitrogen and oxygen atoms in total. The summed E-state index contributed by atoms with van der Waals surface area (Å²) in [6, 6.07) is 9.25. The molecule has 1 aromatic carbocycles. The molecule has 18 heavy (non-hydrogen) atoms. The summed E-state index contributed by atoms with van der Waals surface area (Å²) in [5.41, 5.74) is 1.42. The molecule has 1 atom stereocenters. The quantitative estimate of drug-likeness (QED) is 0.858. The van der Waals surface area contributed by atoms with Gasteiger partial charge >= 0.3 is 0 Å². The molecule has 0 aliphatic rings. The number of hydrogen-bond donors (Lipinski definition) is 2. The van der Waals surface area contributed by atoms with Crippen molar-refractivity contribution in [2.45, 2.75) is 6.92 Å². The topological polar surface area (TPSA) is 62.2 Å². The van der Waals surface area contributed by atoms with Crippen molar-refractivity contribution in [1.29, 1.82) is 0 Å². The molecule has 1 amide bonds. The van der Waals surface area contributed by atoms with Gasteiger partial charge in [0.2, 0.25) is 0 Å².